The summed E-state index contributed by atoms with van der Waals surface area (Å²) in [6, 6.07) is 0. The summed E-state index contributed by atoms with van der Waals surface area (Å²) in [7, 11) is 7.41. The average molecular weight is 213 g/mol. The Labute approximate surface area is 95.3 Å². The molecule has 1 atom stereocenters. The van der Waals surface area contributed by atoms with Crippen molar-refractivity contribution in [1.82, 2.24) is 5.32 Å². The van der Waals surface area contributed by atoms with Crippen LogP contribution in [-0.2, 0) is 9.47 Å². The van der Waals surface area contributed by atoms with Crippen LogP contribution in [0.2, 0.25) is 0 Å². The molecule has 2 radical (unpaired) electrons. The highest BCUT2D eigenvalue weighted by atomic mass is 16.5. The van der Waals surface area contributed by atoms with Gasteiger partial charge < -0.3 is 14.8 Å². The number of nitrogens with one attached hydrogen (secondary N) is 1. The van der Waals surface area contributed by atoms with Gasteiger partial charge in [-0.2, -0.15) is 0 Å². The van der Waals surface area contributed by atoms with Crippen molar-refractivity contribution >= 4 is 7.85 Å². The van der Waals surface area contributed by atoms with Gasteiger partial charge in [-0.15, -0.1) is 0 Å². The minimum absolute atomic E-state index is 0.165. The molecule has 0 spiro atoms. The van der Waals surface area contributed by atoms with Gasteiger partial charge in [-0.3, -0.25) is 0 Å². The largest absolute Gasteiger partial charge is 0.386 e. The van der Waals surface area contributed by atoms with Crippen LogP contribution in [0.5, 0.6) is 0 Å². The first-order valence-corrected chi connectivity index (χ1v) is 5.52. The Hall–Kier alpha value is -0.0551. The van der Waals surface area contributed by atoms with Gasteiger partial charge in [0, 0.05) is 12.6 Å². The maximum absolute atomic E-state index is 5.82. The second kappa shape index (κ2) is 6.51. The van der Waals surface area contributed by atoms with Gasteiger partial charge in [0.15, 0.2) is 0 Å². The van der Waals surface area contributed by atoms with Crippen LogP contribution in [0, 0.1) is 0 Å². The normalized spacial score (nSPS) is 16.3. The standard InChI is InChI=1S/C11H24BNO2/c1-6-13-8-7-10(2,3)15-9-11(4,12)14-5/h13H,6-9H2,1-5H3. The molecule has 1 unspecified atom stereocenters. The summed E-state index contributed by atoms with van der Waals surface area (Å²) in [5.74, 6) is 0. The molecule has 1 N–H and O–H groups in total. The van der Waals surface area contributed by atoms with E-state index in [-0.39, 0.29) is 5.60 Å². The summed E-state index contributed by atoms with van der Waals surface area (Å²) in [5.41, 5.74) is -0.864. The molecule has 0 rings (SSSR count). The predicted octanol–water partition coefficient (Wildman–Crippen LogP) is 1.31. The van der Waals surface area contributed by atoms with E-state index in [0.29, 0.717) is 6.61 Å². The monoisotopic (exact) mass is 213 g/mol. The smallest absolute Gasteiger partial charge is 0.116 e. The average Bonchev–Trinajstić information content (AvgIpc) is 2.16. The highest BCUT2D eigenvalue weighted by molar-refractivity contribution is 6.14. The number of rotatable bonds is 8. The molecular formula is C11H24BNO2. The zero-order valence-corrected chi connectivity index (χ0v) is 10.7. The molecular weight excluding hydrogens is 189 g/mol. The quantitative estimate of drug-likeness (QED) is 0.487. The van der Waals surface area contributed by atoms with Gasteiger partial charge in [0.1, 0.15) is 7.85 Å². The molecule has 15 heavy (non-hydrogen) atoms. The SMILES string of the molecule is [B]C(C)(COC(C)(C)CCNCC)OC. The van der Waals surface area contributed by atoms with E-state index in [4.69, 9.17) is 17.3 Å². The van der Waals surface area contributed by atoms with E-state index in [0.717, 1.165) is 19.5 Å². The molecule has 0 aromatic rings. The third-order valence-electron chi connectivity index (χ3n) is 2.37. The van der Waals surface area contributed by atoms with Crippen molar-refractivity contribution in [3.8, 4) is 0 Å². The third kappa shape index (κ3) is 7.83. The van der Waals surface area contributed by atoms with Crippen LogP contribution in [0.1, 0.15) is 34.1 Å². The third-order valence-corrected chi connectivity index (χ3v) is 2.37. The van der Waals surface area contributed by atoms with Crippen molar-refractivity contribution in [1.29, 1.82) is 0 Å². The van der Waals surface area contributed by atoms with Crippen LogP contribution >= 0.6 is 0 Å². The first-order valence-electron chi connectivity index (χ1n) is 5.52. The molecule has 0 aromatic carbocycles. The number of ether oxygens (including phenoxy) is 2. The van der Waals surface area contributed by atoms with Gasteiger partial charge in [0.25, 0.3) is 0 Å². The Morgan fingerprint density at radius 2 is 1.87 bits per heavy atom. The second-order valence-electron chi connectivity index (χ2n) is 4.67. The molecule has 4 heteroatoms. The van der Waals surface area contributed by atoms with Crippen molar-refractivity contribution in [2.24, 2.45) is 0 Å². The summed E-state index contributed by atoms with van der Waals surface area (Å²) in [4.78, 5) is 0. The fourth-order valence-electron chi connectivity index (χ4n) is 1.04. The van der Waals surface area contributed by atoms with Crippen LogP contribution in [0.4, 0.5) is 0 Å². The summed E-state index contributed by atoms with van der Waals surface area (Å²) in [6.45, 7) is 10.4. The molecule has 0 bridgehead atoms. The van der Waals surface area contributed by atoms with Crippen molar-refractivity contribution in [3.05, 3.63) is 0 Å². The molecule has 3 nitrogen and oxygen atoms in total. The van der Waals surface area contributed by atoms with Crippen LogP contribution in [0.15, 0.2) is 0 Å². The highest BCUT2D eigenvalue weighted by Crippen LogP contribution is 2.16. The van der Waals surface area contributed by atoms with Crippen LogP contribution in [-0.4, -0.2) is 45.8 Å². The Morgan fingerprint density at radius 1 is 1.27 bits per heavy atom. The van der Waals surface area contributed by atoms with E-state index >= 15 is 0 Å². The van der Waals surface area contributed by atoms with Gasteiger partial charge in [0.05, 0.1) is 12.2 Å². The summed E-state index contributed by atoms with van der Waals surface area (Å²) < 4.78 is 10.8. The van der Waals surface area contributed by atoms with Gasteiger partial charge in [-0.05, 0) is 40.3 Å². The topological polar surface area (TPSA) is 30.5 Å². The Morgan fingerprint density at radius 3 is 2.33 bits per heavy atom. The van der Waals surface area contributed by atoms with Crippen LogP contribution in [0.25, 0.3) is 0 Å². The van der Waals surface area contributed by atoms with E-state index in [1.165, 1.54) is 0 Å². The number of hydrogen-bond donors (Lipinski definition) is 1. The zero-order chi connectivity index (χ0) is 11.9. The van der Waals surface area contributed by atoms with Crippen molar-refractivity contribution < 1.29 is 9.47 Å². The van der Waals surface area contributed by atoms with Crippen LogP contribution < -0.4 is 5.32 Å². The minimum atomic E-state index is -0.699. The first-order chi connectivity index (χ1) is 6.83. The van der Waals surface area contributed by atoms with E-state index in [9.17, 15) is 0 Å². The number of hydrogen-bond acceptors (Lipinski definition) is 3. The van der Waals surface area contributed by atoms with Gasteiger partial charge in [0.2, 0.25) is 0 Å². The van der Waals surface area contributed by atoms with Gasteiger partial charge in [-0.25, -0.2) is 0 Å². The molecule has 0 aliphatic rings. The molecule has 0 amide bonds. The molecule has 0 aromatic heterocycles. The lowest BCUT2D eigenvalue weighted by Crippen LogP contribution is -2.39. The van der Waals surface area contributed by atoms with E-state index < -0.39 is 5.50 Å². The maximum atomic E-state index is 5.82. The fourth-order valence-corrected chi connectivity index (χ4v) is 1.04. The molecule has 0 saturated heterocycles. The lowest BCUT2D eigenvalue weighted by Gasteiger charge is -2.31. The van der Waals surface area contributed by atoms with E-state index in [1.807, 2.05) is 6.92 Å². The Bertz CT molecular complexity index is 172. The summed E-state index contributed by atoms with van der Waals surface area (Å²) in [5, 5.41) is 3.27. The summed E-state index contributed by atoms with van der Waals surface area (Å²) in [6.07, 6.45) is 0.959. The molecule has 88 valence electrons. The zero-order valence-electron chi connectivity index (χ0n) is 10.7. The second-order valence-corrected chi connectivity index (χ2v) is 4.67. The fraction of sp³-hybridized carbons (Fsp3) is 1.00. The lowest BCUT2D eigenvalue weighted by molar-refractivity contribution is -0.0831. The minimum Gasteiger partial charge on any atom is -0.386 e. The van der Waals surface area contributed by atoms with E-state index in [1.54, 1.807) is 7.11 Å². The van der Waals surface area contributed by atoms with Crippen molar-refractivity contribution in [2.45, 2.75) is 45.2 Å². The van der Waals surface area contributed by atoms with Crippen molar-refractivity contribution in [3.63, 3.8) is 0 Å². The molecule has 0 fully saturated rings. The summed E-state index contributed by atoms with van der Waals surface area (Å²) >= 11 is 0. The van der Waals surface area contributed by atoms with Gasteiger partial charge in [-0.1, -0.05) is 6.92 Å². The predicted molar refractivity (Wildman–Crippen MR) is 64.4 cm³/mol. The maximum Gasteiger partial charge on any atom is 0.116 e. The molecule has 0 aliphatic carbocycles. The first kappa shape index (κ1) is 14.9. The number of methoxy groups -OCH3 is 1. The van der Waals surface area contributed by atoms with Crippen LogP contribution in [0.3, 0.4) is 0 Å². The highest BCUT2D eigenvalue weighted by Gasteiger charge is 2.23. The Kier molecular flexibility index (Phi) is 6.49. The lowest BCUT2D eigenvalue weighted by atomic mass is 9.84. The molecule has 0 heterocycles. The molecule has 0 aliphatic heterocycles. The molecule has 0 saturated carbocycles. The van der Waals surface area contributed by atoms with Gasteiger partial charge >= 0.3 is 0 Å². The Balaban J connectivity index is 3.82. The van der Waals surface area contributed by atoms with E-state index in [2.05, 4.69) is 26.1 Å². The van der Waals surface area contributed by atoms with Crippen molar-refractivity contribution in [2.75, 3.05) is 26.8 Å².